The average Bonchev–Trinajstić information content (AvgIpc) is 2.26. The van der Waals surface area contributed by atoms with Crippen molar-refractivity contribution in [2.75, 3.05) is 24.3 Å². The molecule has 1 aromatic carbocycles. The summed E-state index contributed by atoms with van der Waals surface area (Å²) in [5, 5.41) is 0. The van der Waals surface area contributed by atoms with Crippen molar-refractivity contribution < 1.29 is 9.53 Å². The third-order valence-corrected chi connectivity index (χ3v) is 3.52. The molecule has 0 atom stereocenters. The van der Waals surface area contributed by atoms with Gasteiger partial charge in [-0.15, -0.1) is 0 Å². The van der Waals surface area contributed by atoms with Crippen molar-refractivity contribution in [2.45, 2.75) is 32.2 Å². The fourth-order valence-electron chi connectivity index (χ4n) is 2.20. The molecule has 1 saturated carbocycles. The Labute approximate surface area is 108 Å². The first-order valence-electron chi connectivity index (χ1n) is 6.43. The second kappa shape index (κ2) is 5.29. The van der Waals surface area contributed by atoms with Gasteiger partial charge < -0.3 is 15.4 Å². The van der Waals surface area contributed by atoms with Crippen molar-refractivity contribution in [1.82, 2.24) is 0 Å². The van der Waals surface area contributed by atoms with Gasteiger partial charge in [-0.3, -0.25) is 0 Å². The van der Waals surface area contributed by atoms with Gasteiger partial charge in [0, 0.05) is 18.8 Å². The topological polar surface area (TPSA) is 55.6 Å². The molecule has 0 heterocycles. The lowest BCUT2D eigenvalue weighted by Gasteiger charge is -2.37. The molecule has 98 valence electrons. The maximum Gasteiger partial charge on any atom is 0.340 e. The number of anilines is 2. The molecule has 1 aliphatic carbocycles. The molecular weight excluding hydrogens is 228 g/mol. The Morgan fingerprint density at radius 3 is 2.78 bits per heavy atom. The predicted molar refractivity (Wildman–Crippen MR) is 72.9 cm³/mol. The number of ether oxygens (including phenoxy) is 1. The molecule has 0 aromatic heterocycles. The Bertz CT molecular complexity index is 441. The van der Waals surface area contributed by atoms with E-state index in [2.05, 4.69) is 4.90 Å². The molecule has 4 nitrogen and oxygen atoms in total. The molecule has 18 heavy (non-hydrogen) atoms. The number of hydrogen-bond donors (Lipinski definition) is 1. The molecule has 1 aliphatic rings. The Morgan fingerprint density at radius 2 is 2.22 bits per heavy atom. The minimum absolute atomic E-state index is 0.300. The normalized spacial score (nSPS) is 15.0. The predicted octanol–water partition coefficient (Wildman–Crippen LogP) is 2.43. The van der Waals surface area contributed by atoms with E-state index >= 15 is 0 Å². The van der Waals surface area contributed by atoms with Crippen LogP contribution in [-0.4, -0.2) is 25.7 Å². The van der Waals surface area contributed by atoms with Gasteiger partial charge in [-0.05, 0) is 44.4 Å². The average molecular weight is 248 g/mol. The molecule has 0 saturated heterocycles. The van der Waals surface area contributed by atoms with Gasteiger partial charge in [0.2, 0.25) is 0 Å². The zero-order chi connectivity index (χ0) is 13.1. The van der Waals surface area contributed by atoms with Crippen LogP contribution in [0.1, 0.15) is 36.5 Å². The number of rotatable bonds is 4. The van der Waals surface area contributed by atoms with Gasteiger partial charge in [-0.25, -0.2) is 4.79 Å². The molecule has 0 aliphatic heterocycles. The number of hydrogen-bond acceptors (Lipinski definition) is 4. The molecule has 0 radical (unpaired) electrons. The minimum atomic E-state index is -0.300. The zero-order valence-corrected chi connectivity index (χ0v) is 11.0. The number of esters is 1. The number of nitrogens with zero attached hydrogens (tertiary/aromatic N) is 1. The number of carbonyl (C=O) groups is 1. The fraction of sp³-hybridized carbons (Fsp3) is 0.500. The van der Waals surface area contributed by atoms with Crippen LogP contribution in [0.2, 0.25) is 0 Å². The van der Waals surface area contributed by atoms with Crippen molar-refractivity contribution in [2.24, 2.45) is 0 Å². The number of carbonyl (C=O) groups excluding carboxylic acids is 1. The Kier molecular flexibility index (Phi) is 3.75. The summed E-state index contributed by atoms with van der Waals surface area (Å²) in [6.45, 7) is 2.18. The third-order valence-electron chi connectivity index (χ3n) is 3.52. The van der Waals surface area contributed by atoms with E-state index in [-0.39, 0.29) is 5.97 Å². The second-order valence-electron chi connectivity index (χ2n) is 4.69. The summed E-state index contributed by atoms with van der Waals surface area (Å²) < 4.78 is 5.08. The first-order valence-corrected chi connectivity index (χ1v) is 6.43. The van der Waals surface area contributed by atoms with Gasteiger partial charge >= 0.3 is 5.97 Å². The lowest BCUT2D eigenvalue weighted by Crippen LogP contribution is -2.38. The van der Waals surface area contributed by atoms with Gasteiger partial charge in [0.1, 0.15) is 0 Å². The van der Waals surface area contributed by atoms with Crippen LogP contribution in [-0.2, 0) is 4.74 Å². The molecule has 2 rings (SSSR count). The first-order chi connectivity index (χ1) is 8.63. The molecule has 1 fully saturated rings. The number of nitrogen functional groups attached to an aromatic ring is 1. The molecule has 0 unspecified atom stereocenters. The Balaban J connectivity index is 2.30. The van der Waals surface area contributed by atoms with Crippen LogP contribution in [0.5, 0.6) is 0 Å². The zero-order valence-electron chi connectivity index (χ0n) is 11.0. The summed E-state index contributed by atoms with van der Waals surface area (Å²) in [4.78, 5) is 14.1. The van der Waals surface area contributed by atoms with E-state index in [4.69, 9.17) is 10.5 Å². The van der Waals surface area contributed by atoms with Gasteiger partial charge in [0.15, 0.2) is 0 Å². The van der Waals surface area contributed by atoms with Crippen molar-refractivity contribution in [3.8, 4) is 0 Å². The molecule has 0 amide bonds. The van der Waals surface area contributed by atoms with Crippen molar-refractivity contribution >= 4 is 17.3 Å². The minimum Gasteiger partial charge on any atom is -0.462 e. The smallest absolute Gasteiger partial charge is 0.340 e. The highest BCUT2D eigenvalue weighted by Crippen LogP contribution is 2.31. The summed E-state index contributed by atoms with van der Waals surface area (Å²) in [7, 11) is 2.03. The van der Waals surface area contributed by atoms with Crippen molar-refractivity contribution in [3.05, 3.63) is 23.8 Å². The van der Waals surface area contributed by atoms with E-state index < -0.39 is 0 Å². The second-order valence-corrected chi connectivity index (χ2v) is 4.69. The highest BCUT2D eigenvalue weighted by molar-refractivity contribution is 5.97. The van der Waals surface area contributed by atoms with Gasteiger partial charge in [0.25, 0.3) is 0 Å². The van der Waals surface area contributed by atoms with E-state index in [0.29, 0.717) is 23.9 Å². The summed E-state index contributed by atoms with van der Waals surface area (Å²) in [5.41, 5.74) is 7.82. The maximum atomic E-state index is 11.9. The lowest BCUT2D eigenvalue weighted by molar-refractivity contribution is 0.0527. The summed E-state index contributed by atoms with van der Waals surface area (Å²) in [6.07, 6.45) is 3.63. The standard InChI is InChI=1S/C14H20N2O2/c1-3-18-14(17)12-9-10(15)7-8-13(12)16(2)11-5-4-6-11/h7-9,11H,3-6,15H2,1-2H3. The molecule has 2 N–H and O–H groups in total. The van der Waals surface area contributed by atoms with Gasteiger partial charge in [-0.2, -0.15) is 0 Å². The van der Waals surface area contributed by atoms with E-state index in [1.165, 1.54) is 19.3 Å². The lowest BCUT2D eigenvalue weighted by atomic mass is 9.91. The fourth-order valence-corrected chi connectivity index (χ4v) is 2.20. The largest absolute Gasteiger partial charge is 0.462 e. The highest BCUT2D eigenvalue weighted by atomic mass is 16.5. The van der Waals surface area contributed by atoms with Crippen LogP contribution in [0.4, 0.5) is 11.4 Å². The third kappa shape index (κ3) is 2.42. The molecule has 1 aromatic rings. The van der Waals surface area contributed by atoms with Gasteiger partial charge in [-0.1, -0.05) is 0 Å². The van der Waals surface area contributed by atoms with Gasteiger partial charge in [0.05, 0.1) is 17.9 Å². The monoisotopic (exact) mass is 248 g/mol. The summed E-state index contributed by atoms with van der Waals surface area (Å²) in [5.74, 6) is -0.300. The Morgan fingerprint density at radius 1 is 1.50 bits per heavy atom. The number of benzene rings is 1. The summed E-state index contributed by atoms with van der Waals surface area (Å²) in [6, 6.07) is 5.96. The van der Waals surface area contributed by atoms with E-state index in [0.717, 1.165) is 5.69 Å². The highest BCUT2D eigenvalue weighted by Gasteiger charge is 2.25. The van der Waals surface area contributed by atoms with Crippen LogP contribution < -0.4 is 10.6 Å². The first kappa shape index (κ1) is 12.7. The van der Waals surface area contributed by atoms with Crippen LogP contribution in [0.15, 0.2) is 18.2 Å². The van der Waals surface area contributed by atoms with E-state index in [1.54, 1.807) is 13.0 Å². The van der Waals surface area contributed by atoms with Crippen LogP contribution in [0.25, 0.3) is 0 Å². The van der Waals surface area contributed by atoms with Crippen LogP contribution in [0.3, 0.4) is 0 Å². The SMILES string of the molecule is CCOC(=O)c1cc(N)ccc1N(C)C1CCC1. The number of nitrogens with two attached hydrogens (primary N) is 1. The summed E-state index contributed by atoms with van der Waals surface area (Å²) >= 11 is 0. The van der Waals surface area contributed by atoms with Crippen molar-refractivity contribution in [3.63, 3.8) is 0 Å². The molecule has 0 spiro atoms. The van der Waals surface area contributed by atoms with Crippen LogP contribution >= 0.6 is 0 Å². The molecule has 0 bridgehead atoms. The van der Waals surface area contributed by atoms with E-state index in [1.807, 2.05) is 19.2 Å². The van der Waals surface area contributed by atoms with Crippen LogP contribution in [0, 0.1) is 0 Å². The maximum absolute atomic E-state index is 11.9. The molecular formula is C14H20N2O2. The van der Waals surface area contributed by atoms with E-state index in [9.17, 15) is 4.79 Å². The quantitative estimate of drug-likeness (QED) is 0.657. The van der Waals surface area contributed by atoms with Crippen molar-refractivity contribution in [1.29, 1.82) is 0 Å². The Hall–Kier alpha value is -1.71. The molecule has 4 heteroatoms.